The van der Waals surface area contributed by atoms with Gasteiger partial charge in [-0.15, -0.1) is 0 Å². The highest BCUT2D eigenvalue weighted by Crippen LogP contribution is 2.29. The Bertz CT molecular complexity index is 627. The van der Waals surface area contributed by atoms with Gasteiger partial charge in [-0.25, -0.2) is 0 Å². The number of hydrogen-bond acceptors (Lipinski definition) is 2. The van der Waals surface area contributed by atoms with E-state index in [4.69, 9.17) is 0 Å². The topological polar surface area (TPSA) is 42.0 Å². The third-order valence-corrected chi connectivity index (χ3v) is 3.11. The maximum absolute atomic E-state index is 12.6. The molecule has 0 aliphatic carbocycles. The molecule has 1 amide bonds. The van der Waals surface area contributed by atoms with Crippen LogP contribution >= 0.6 is 0 Å². The number of halogens is 3. The van der Waals surface area contributed by atoms with Gasteiger partial charge in [0.05, 0.1) is 5.56 Å². The van der Waals surface area contributed by atoms with E-state index in [2.05, 4.69) is 10.3 Å². The Labute approximate surface area is 126 Å². The first-order valence-electron chi connectivity index (χ1n) is 6.77. The average molecular weight is 308 g/mol. The second-order valence-corrected chi connectivity index (χ2v) is 4.84. The number of pyridine rings is 1. The number of rotatable bonds is 5. The van der Waals surface area contributed by atoms with E-state index in [0.717, 1.165) is 17.7 Å². The van der Waals surface area contributed by atoms with Crippen LogP contribution in [-0.2, 0) is 23.9 Å². The second kappa shape index (κ2) is 7.06. The lowest BCUT2D eigenvalue weighted by Gasteiger charge is -2.09. The van der Waals surface area contributed by atoms with Crippen LogP contribution in [-0.4, -0.2) is 10.9 Å². The molecule has 1 aromatic carbocycles. The number of hydrogen-bond donors (Lipinski definition) is 1. The maximum Gasteiger partial charge on any atom is 0.416 e. The highest BCUT2D eigenvalue weighted by molar-refractivity contribution is 5.76. The molecule has 0 saturated heterocycles. The molecule has 0 unspecified atom stereocenters. The smallest absolute Gasteiger partial charge is 0.352 e. The van der Waals surface area contributed by atoms with Crippen molar-refractivity contribution >= 4 is 5.91 Å². The lowest BCUT2D eigenvalue weighted by atomic mass is 10.1. The van der Waals surface area contributed by atoms with E-state index < -0.39 is 11.7 Å². The Morgan fingerprint density at radius 3 is 2.59 bits per heavy atom. The number of nitrogens with zero attached hydrogens (tertiary/aromatic N) is 1. The standard InChI is InChI=1S/C16H15F3N2O/c17-16(18,19)14-5-1-3-13(9-14)11-21-15(22)7-6-12-4-2-8-20-10-12/h1-5,8-10H,6-7,11H2,(H,21,22). The minimum absolute atomic E-state index is 0.0792. The molecule has 0 aliphatic rings. The first-order valence-corrected chi connectivity index (χ1v) is 6.77. The van der Waals surface area contributed by atoms with Gasteiger partial charge in [-0.2, -0.15) is 13.2 Å². The molecule has 0 fully saturated rings. The fourth-order valence-corrected chi connectivity index (χ4v) is 1.95. The molecule has 6 heteroatoms. The molecule has 116 valence electrons. The summed E-state index contributed by atoms with van der Waals surface area (Å²) in [6, 6.07) is 8.59. The number of carbonyl (C=O) groups is 1. The van der Waals surface area contributed by atoms with Crippen molar-refractivity contribution in [2.24, 2.45) is 0 Å². The van der Waals surface area contributed by atoms with Crippen LogP contribution in [0.4, 0.5) is 13.2 Å². The summed E-state index contributed by atoms with van der Waals surface area (Å²) in [4.78, 5) is 15.7. The number of benzene rings is 1. The molecule has 0 aliphatic heterocycles. The zero-order valence-corrected chi connectivity index (χ0v) is 11.7. The molecule has 1 N–H and O–H groups in total. The number of carbonyl (C=O) groups excluding carboxylic acids is 1. The van der Waals surface area contributed by atoms with Crippen LogP contribution in [0.15, 0.2) is 48.8 Å². The van der Waals surface area contributed by atoms with Crippen LogP contribution in [0.1, 0.15) is 23.1 Å². The highest BCUT2D eigenvalue weighted by Gasteiger charge is 2.30. The molecule has 3 nitrogen and oxygen atoms in total. The minimum atomic E-state index is -4.37. The average Bonchev–Trinajstić information content (AvgIpc) is 2.51. The first kappa shape index (κ1) is 16.0. The van der Waals surface area contributed by atoms with Crippen LogP contribution in [0.3, 0.4) is 0 Å². The van der Waals surface area contributed by atoms with Gasteiger partial charge in [0.15, 0.2) is 0 Å². The number of aromatic nitrogens is 1. The van der Waals surface area contributed by atoms with Crippen molar-refractivity contribution in [3.63, 3.8) is 0 Å². The van der Waals surface area contributed by atoms with Crippen molar-refractivity contribution in [3.05, 3.63) is 65.5 Å². The van der Waals surface area contributed by atoms with E-state index in [1.807, 2.05) is 6.07 Å². The van der Waals surface area contributed by atoms with Gasteiger partial charge >= 0.3 is 6.18 Å². The van der Waals surface area contributed by atoms with Crippen LogP contribution in [0.2, 0.25) is 0 Å². The zero-order chi connectivity index (χ0) is 16.0. The van der Waals surface area contributed by atoms with E-state index in [1.54, 1.807) is 24.5 Å². The Morgan fingerprint density at radius 2 is 1.91 bits per heavy atom. The van der Waals surface area contributed by atoms with Gasteiger partial charge in [-0.1, -0.05) is 18.2 Å². The number of aryl methyl sites for hydroxylation is 1. The third-order valence-electron chi connectivity index (χ3n) is 3.11. The van der Waals surface area contributed by atoms with Gasteiger partial charge in [0.1, 0.15) is 0 Å². The van der Waals surface area contributed by atoms with Crippen molar-refractivity contribution in [2.45, 2.75) is 25.6 Å². The summed E-state index contributed by atoms with van der Waals surface area (Å²) >= 11 is 0. The molecular formula is C16H15F3N2O. The van der Waals surface area contributed by atoms with Crippen molar-refractivity contribution in [3.8, 4) is 0 Å². The molecule has 0 atom stereocenters. The van der Waals surface area contributed by atoms with Crippen LogP contribution in [0.25, 0.3) is 0 Å². The van der Waals surface area contributed by atoms with Crippen LogP contribution in [0.5, 0.6) is 0 Å². The van der Waals surface area contributed by atoms with Crippen molar-refractivity contribution in [1.29, 1.82) is 0 Å². The molecule has 1 aromatic heterocycles. The lowest BCUT2D eigenvalue weighted by molar-refractivity contribution is -0.137. The molecular weight excluding hydrogens is 293 g/mol. The summed E-state index contributed by atoms with van der Waals surface area (Å²) in [5, 5.41) is 2.62. The Balaban J connectivity index is 1.84. The monoisotopic (exact) mass is 308 g/mol. The molecule has 2 aromatic rings. The van der Waals surface area contributed by atoms with E-state index in [1.165, 1.54) is 6.07 Å². The predicted molar refractivity (Wildman–Crippen MR) is 75.8 cm³/mol. The molecule has 22 heavy (non-hydrogen) atoms. The van der Waals surface area contributed by atoms with Gasteiger partial charge in [0.2, 0.25) is 5.91 Å². The second-order valence-electron chi connectivity index (χ2n) is 4.84. The predicted octanol–water partition coefficient (Wildman–Crippen LogP) is 3.35. The molecule has 1 heterocycles. The van der Waals surface area contributed by atoms with E-state index in [-0.39, 0.29) is 18.9 Å². The van der Waals surface area contributed by atoms with Gasteiger partial charge in [-0.3, -0.25) is 9.78 Å². The van der Waals surface area contributed by atoms with Gasteiger partial charge in [-0.05, 0) is 35.7 Å². The van der Waals surface area contributed by atoms with E-state index >= 15 is 0 Å². The van der Waals surface area contributed by atoms with E-state index in [9.17, 15) is 18.0 Å². The van der Waals surface area contributed by atoms with Gasteiger partial charge < -0.3 is 5.32 Å². The van der Waals surface area contributed by atoms with Crippen molar-refractivity contribution in [1.82, 2.24) is 10.3 Å². The SMILES string of the molecule is O=C(CCc1cccnc1)NCc1cccc(C(F)(F)F)c1. The quantitative estimate of drug-likeness (QED) is 0.920. The number of nitrogens with one attached hydrogen (secondary N) is 1. The van der Waals surface area contributed by atoms with Gasteiger partial charge in [0, 0.05) is 25.4 Å². The molecule has 0 spiro atoms. The van der Waals surface area contributed by atoms with E-state index in [0.29, 0.717) is 12.0 Å². The summed E-state index contributed by atoms with van der Waals surface area (Å²) in [7, 11) is 0. The fourth-order valence-electron chi connectivity index (χ4n) is 1.95. The summed E-state index contributed by atoms with van der Waals surface area (Å²) < 4.78 is 37.7. The van der Waals surface area contributed by atoms with Crippen molar-refractivity contribution < 1.29 is 18.0 Å². The fraction of sp³-hybridized carbons (Fsp3) is 0.250. The molecule has 2 rings (SSSR count). The Morgan fingerprint density at radius 1 is 1.14 bits per heavy atom. The molecule has 0 radical (unpaired) electrons. The first-order chi connectivity index (χ1) is 10.4. The summed E-state index contributed by atoms with van der Waals surface area (Å²) in [6.45, 7) is 0.0792. The minimum Gasteiger partial charge on any atom is -0.352 e. The molecule has 0 bridgehead atoms. The number of amides is 1. The highest BCUT2D eigenvalue weighted by atomic mass is 19.4. The zero-order valence-electron chi connectivity index (χ0n) is 11.7. The normalized spacial score (nSPS) is 11.2. The summed E-state index contributed by atoms with van der Waals surface area (Å²) in [5.74, 6) is -0.207. The maximum atomic E-state index is 12.6. The largest absolute Gasteiger partial charge is 0.416 e. The third kappa shape index (κ3) is 4.87. The van der Waals surface area contributed by atoms with Crippen LogP contribution < -0.4 is 5.32 Å². The summed E-state index contributed by atoms with van der Waals surface area (Å²) in [5.41, 5.74) is 0.649. The number of alkyl halides is 3. The molecule has 0 saturated carbocycles. The van der Waals surface area contributed by atoms with Crippen LogP contribution in [0, 0.1) is 0 Å². The van der Waals surface area contributed by atoms with Gasteiger partial charge in [0.25, 0.3) is 0 Å². The Kier molecular flexibility index (Phi) is 5.14. The summed E-state index contributed by atoms with van der Waals surface area (Å²) in [6.07, 6.45) is -0.232. The lowest BCUT2D eigenvalue weighted by Crippen LogP contribution is -2.23. The Hall–Kier alpha value is -2.37. The van der Waals surface area contributed by atoms with Crippen molar-refractivity contribution in [2.75, 3.05) is 0 Å².